The van der Waals surface area contributed by atoms with Crippen molar-refractivity contribution in [2.75, 3.05) is 12.4 Å². The molecule has 0 aliphatic heterocycles. The highest BCUT2D eigenvalue weighted by Gasteiger charge is 2.10. The molecule has 6 nitrogen and oxygen atoms in total. The smallest absolute Gasteiger partial charge is 0.337 e. The van der Waals surface area contributed by atoms with Gasteiger partial charge in [0.05, 0.1) is 18.9 Å². The minimum atomic E-state index is -0.405. The molecule has 0 radical (unpaired) electrons. The highest BCUT2D eigenvalue weighted by Crippen LogP contribution is 2.11. The zero-order valence-corrected chi connectivity index (χ0v) is 16.8. The van der Waals surface area contributed by atoms with Gasteiger partial charge in [0.15, 0.2) is 0 Å². The van der Waals surface area contributed by atoms with Crippen LogP contribution in [0.2, 0.25) is 0 Å². The third-order valence-corrected chi connectivity index (χ3v) is 4.22. The zero-order valence-electron chi connectivity index (χ0n) is 16.8. The number of methoxy groups -OCH3 is 1. The average Bonchev–Trinajstić information content (AvgIpc) is 3.24. The van der Waals surface area contributed by atoms with Crippen molar-refractivity contribution in [1.82, 2.24) is 5.32 Å². The van der Waals surface area contributed by atoms with E-state index >= 15 is 0 Å². The normalized spacial score (nSPS) is 11.0. The first kappa shape index (κ1) is 20.7. The number of urea groups is 1. The molecule has 3 aromatic rings. The molecule has 30 heavy (non-hydrogen) atoms. The molecular weight excluding hydrogens is 380 g/mol. The first-order valence-corrected chi connectivity index (χ1v) is 9.44. The molecule has 0 aliphatic rings. The average molecular weight is 402 g/mol. The van der Waals surface area contributed by atoms with Gasteiger partial charge in [0.2, 0.25) is 0 Å². The lowest BCUT2D eigenvalue weighted by Gasteiger charge is -2.13. The molecular formula is C24H22N2O4. The Hall–Kier alpha value is -3.98. The van der Waals surface area contributed by atoms with Crippen LogP contribution in [0.5, 0.6) is 0 Å². The van der Waals surface area contributed by atoms with Crippen LogP contribution >= 0.6 is 0 Å². The van der Waals surface area contributed by atoms with Gasteiger partial charge >= 0.3 is 12.0 Å². The summed E-state index contributed by atoms with van der Waals surface area (Å²) >= 11 is 0. The molecule has 0 saturated carbocycles. The molecule has 0 bridgehead atoms. The summed E-state index contributed by atoms with van der Waals surface area (Å²) in [6, 6.07) is 17.5. The highest BCUT2D eigenvalue weighted by molar-refractivity contribution is 5.90. The van der Waals surface area contributed by atoms with Crippen LogP contribution in [0.3, 0.4) is 0 Å². The Morgan fingerprint density at radius 2 is 1.77 bits per heavy atom. The maximum atomic E-state index is 12.2. The topological polar surface area (TPSA) is 80.6 Å². The van der Waals surface area contributed by atoms with E-state index in [4.69, 9.17) is 9.15 Å². The summed E-state index contributed by atoms with van der Waals surface area (Å²) < 4.78 is 10.0. The van der Waals surface area contributed by atoms with Gasteiger partial charge in [-0.15, -0.1) is 0 Å². The van der Waals surface area contributed by atoms with Crippen LogP contribution in [0.1, 0.15) is 34.2 Å². The first-order chi connectivity index (χ1) is 14.5. The number of anilines is 1. The molecule has 2 amide bonds. The molecule has 0 saturated heterocycles. The van der Waals surface area contributed by atoms with E-state index in [0.717, 1.165) is 11.3 Å². The standard InChI is InChI=1S/C24H22N2O4/c1-17(14-22-10-5-13-30-22)25-24(28)26-21-9-4-7-19(16-21)12-11-18-6-3-8-20(15-18)23(27)29-2/h3-10,13,15-17H,14H2,1-2H3,(H2,25,26,28). The molecule has 2 N–H and O–H groups in total. The van der Waals surface area contributed by atoms with Crippen LogP contribution in [0, 0.1) is 11.8 Å². The van der Waals surface area contributed by atoms with E-state index in [1.165, 1.54) is 7.11 Å². The van der Waals surface area contributed by atoms with Gasteiger partial charge in [-0.1, -0.05) is 24.0 Å². The summed E-state index contributed by atoms with van der Waals surface area (Å²) in [5.41, 5.74) is 2.51. The largest absolute Gasteiger partial charge is 0.469 e. The van der Waals surface area contributed by atoms with Gasteiger partial charge < -0.3 is 19.8 Å². The van der Waals surface area contributed by atoms with Gasteiger partial charge in [0.1, 0.15) is 5.76 Å². The molecule has 1 atom stereocenters. The van der Waals surface area contributed by atoms with Crippen molar-refractivity contribution in [1.29, 1.82) is 0 Å². The molecule has 1 heterocycles. The van der Waals surface area contributed by atoms with Crippen molar-refractivity contribution in [2.24, 2.45) is 0 Å². The molecule has 3 rings (SSSR count). The number of rotatable bonds is 5. The Bertz CT molecular complexity index is 1080. The summed E-state index contributed by atoms with van der Waals surface area (Å²) in [6.45, 7) is 1.91. The molecule has 0 fully saturated rings. The van der Waals surface area contributed by atoms with E-state index in [1.54, 1.807) is 36.6 Å². The number of amides is 2. The number of esters is 1. The maximum absolute atomic E-state index is 12.2. The van der Waals surface area contributed by atoms with E-state index < -0.39 is 5.97 Å². The number of ether oxygens (including phenoxy) is 1. The number of hydrogen-bond acceptors (Lipinski definition) is 4. The fraction of sp³-hybridized carbons (Fsp3) is 0.167. The number of benzene rings is 2. The zero-order chi connectivity index (χ0) is 21.3. The SMILES string of the molecule is COC(=O)c1cccc(C#Cc2cccc(NC(=O)NC(C)Cc3ccco3)c2)c1. The predicted molar refractivity (Wildman–Crippen MR) is 114 cm³/mol. The summed E-state index contributed by atoms with van der Waals surface area (Å²) in [4.78, 5) is 23.9. The lowest BCUT2D eigenvalue weighted by Crippen LogP contribution is -2.37. The van der Waals surface area contributed by atoms with Gasteiger partial charge in [-0.2, -0.15) is 0 Å². The molecule has 0 spiro atoms. The molecule has 6 heteroatoms. The van der Waals surface area contributed by atoms with Gasteiger partial charge in [-0.25, -0.2) is 9.59 Å². The first-order valence-electron chi connectivity index (χ1n) is 9.44. The Labute approximate surface area is 175 Å². The third kappa shape index (κ3) is 6.01. The summed E-state index contributed by atoms with van der Waals surface area (Å²) in [7, 11) is 1.34. The van der Waals surface area contributed by atoms with Crippen LogP contribution in [0.25, 0.3) is 0 Å². The number of hydrogen-bond donors (Lipinski definition) is 2. The second-order valence-electron chi connectivity index (χ2n) is 6.69. The number of nitrogens with one attached hydrogen (secondary N) is 2. The van der Waals surface area contributed by atoms with Crippen molar-refractivity contribution >= 4 is 17.7 Å². The van der Waals surface area contributed by atoms with E-state index in [9.17, 15) is 9.59 Å². The Balaban J connectivity index is 1.62. The van der Waals surface area contributed by atoms with E-state index in [-0.39, 0.29) is 12.1 Å². The summed E-state index contributed by atoms with van der Waals surface area (Å²) in [5.74, 6) is 6.47. The van der Waals surface area contributed by atoms with E-state index in [2.05, 4.69) is 22.5 Å². The fourth-order valence-electron chi connectivity index (χ4n) is 2.83. The van der Waals surface area contributed by atoms with Crippen LogP contribution < -0.4 is 10.6 Å². The molecule has 0 aliphatic carbocycles. The van der Waals surface area contributed by atoms with Gasteiger partial charge in [-0.05, 0) is 55.5 Å². The minimum absolute atomic E-state index is 0.0822. The lowest BCUT2D eigenvalue weighted by molar-refractivity contribution is 0.0600. The van der Waals surface area contributed by atoms with Crippen LogP contribution in [-0.4, -0.2) is 25.2 Å². The summed E-state index contributed by atoms with van der Waals surface area (Å²) in [5, 5.41) is 5.69. The fourth-order valence-corrected chi connectivity index (χ4v) is 2.83. The molecule has 1 unspecified atom stereocenters. The van der Waals surface area contributed by atoms with E-state index in [1.807, 2.05) is 37.3 Å². The quantitative estimate of drug-likeness (QED) is 0.495. The van der Waals surface area contributed by atoms with Gasteiger partial charge in [-0.3, -0.25) is 0 Å². The molecule has 152 valence electrons. The van der Waals surface area contributed by atoms with Crippen molar-refractivity contribution < 1.29 is 18.7 Å². The molecule has 1 aromatic heterocycles. The van der Waals surface area contributed by atoms with Crippen LogP contribution in [0.4, 0.5) is 10.5 Å². The Kier molecular flexibility index (Phi) is 6.91. The second-order valence-corrected chi connectivity index (χ2v) is 6.69. The lowest BCUT2D eigenvalue weighted by atomic mass is 10.1. The van der Waals surface area contributed by atoms with Crippen molar-refractivity contribution in [3.63, 3.8) is 0 Å². The van der Waals surface area contributed by atoms with Crippen molar-refractivity contribution in [2.45, 2.75) is 19.4 Å². The predicted octanol–water partition coefficient (Wildman–Crippen LogP) is 4.22. The molecule has 2 aromatic carbocycles. The van der Waals surface area contributed by atoms with Crippen LogP contribution in [-0.2, 0) is 11.2 Å². The van der Waals surface area contributed by atoms with Crippen molar-refractivity contribution in [3.8, 4) is 11.8 Å². The monoisotopic (exact) mass is 402 g/mol. The van der Waals surface area contributed by atoms with Crippen LogP contribution in [0.15, 0.2) is 71.3 Å². The highest BCUT2D eigenvalue weighted by atomic mass is 16.5. The number of furan rings is 1. The van der Waals surface area contributed by atoms with E-state index in [0.29, 0.717) is 23.2 Å². The third-order valence-electron chi connectivity index (χ3n) is 4.22. The second kappa shape index (κ2) is 9.99. The Morgan fingerprint density at radius 1 is 1.03 bits per heavy atom. The Morgan fingerprint density at radius 3 is 2.47 bits per heavy atom. The van der Waals surface area contributed by atoms with Crippen molar-refractivity contribution in [3.05, 3.63) is 89.4 Å². The number of carbonyl (C=O) groups excluding carboxylic acids is 2. The maximum Gasteiger partial charge on any atom is 0.337 e. The number of carbonyl (C=O) groups is 2. The van der Waals surface area contributed by atoms with Gasteiger partial charge in [0.25, 0.3) is 0 Å². The minimum Gasteiger partial charge on any atom is -0.469 e. The van der Waals surface area contributed by atoms with Gasteiger partial charge in [0, 0.05) is 29.3 Å². The summed E-state index contributed by atoms with van der Waals surface area (Å²) in [6.07, 6.45) is 2.22.